The molecule has 1 amide bonds. The highest BCUT2D eigenvalue weighted by Crippen LogP contribution is 2.26. The number of amides is 1. The van der Waals surface area contributed by atoms with E-state index in [9.17, 15) is 9.59 Å². The molecule has 0 fully saturated rings. The molecule has 2 atom stereocenters. The lowest BCUT2D eigenvalue weighted by Crippen LogP contribution is -2.39. The van der Waals surface area contributed by atoms with Gasteiger partial charge < -0.3 is 9.64 Å². The Kier molecular flexibility index (Phi) is 6.28. The molecule has 5 nitrogen and oxygen atoms in total. The van der Waals surface area contributed by atoms with Crippen LogP contribution in [0, 0.1) is 5.92 Å². The zero-order valence-corrected chi connectivity index (χ0v) is 15.1. The number of nitrogens with zero attached hydrogens (tertiary/aromatic N) is 2. The third-order valence-electron chi connectivity index (χ3n) is 4.43. The van der Waals surface area contributed by atoms with Crippen molar-refractivity contribution in [1.29, 1.82) is 0 Å². The maximum absolute atomic E-state index is 12.9. The monoisotopic (exact) mass is 340 g/mol. The molecule has 2 rings (SSSR count). The summed E-state index contributed by atoms with van der Waals surface area (Å²) >= 11 is 0. The van der Waals surface area contributed by atoms with Crippen LogP contribution in [0.5, 0.6) is 5.75 Å². The fraction of sp³-hybridized carbons (Fsp3) is 0.350. The summed E-state index contributed by atoms with van der Waals surface area (Å²) in [6, 6.07) is 11.2. The number of rotatable bonds is 7. The lowest BCUT2D eigenvalue weighted by atomic mass is 10.0. The van der Waals surface area contributed by atoms with Crippen molar-refractivity contribution in [3.05, 3.63) is 59.9 Å². The van der Waals surface area contributed by atoms with E-state index in [-0.39, 0.29) is 17.7 Å². The second-order valence-corrected chi connectivity index (χ2v) is 6.10. The lowest BCUT2D eigenvalue weighted by molar-refractivity contribution is -0.142. The number of carbonyl (C=O) groups is 2. The van der Waals surface area contributed by atoms with E-state index in [2.05, 4.69) is 4.98 Å². The molecule has 2 aromatic rings. The molecular weight excluding hydrogens is 316 g/mol. The first-order valence-electron chi connectivity index (χ1n) is 8.27. The van der Waals surface area contributed by atoms with Gasteiger partial charge in [-0.25, -0.2) is 0 Å². The Morgan fingerprint density at radius 2 is 1.68 bits per heavy atom. The molecule has 1 heterocycles. The molecule has 0 radical (unpaired) electrons. The first-order chi connectivity index (χ1) is 11.9. The maximum Gasteiger partial charge on any atom is 0.233 e. The Morgan fingerprint density at radius 3 is 2.20 bits per heavy atom. The topological polar surface area (TPSA) is 59.5 Å². The van der Waals surface area contributed by atoms with E-state index in [1.54, 1.807) is 31.3 Å². The molecule has 1 aromatic heterocycles. The number of pyridine rings is 1. The van der Waals surface area contributed by atoms with Gasteiger partial charge in [-0.3, -0.25) is 14.6 Å². The predicted octanol–water partition coefficient (Wildman–Crippen LogP) is 3.41. The molecule has 2 unspecified atom stereocenters. The Bertz CT molecular complexity index is 713. The summed E-state index contributed by atoms with van der Waals surface area (Å²) < 4.78 is 5.19. The minimum absolute atomic E-state index is 0.133. The largest absolute Gasteiger partial charge is 0.497 e. The summed E-state index contributed by atoms with van der Waals surface area (Å²) in [6.45, 7) is 5.50. The first-order valence-corrected chi connectivity index (χ1v) is 8.27. The highest BCUT2D eigenvalue weighted by atomic mass is 16.5. The summed E-state index contributed by atoms with van der Waals surface area (Å²) in [4.78, 5) is 30.4. The fourth-order valence-corrected chi connectivity index (χ4v) is 2.58. The average Bonchev–Trinajstić information content (AvgIpc) is 2.65. The van der Waals surface area contributed by atoms with Crippen LogP contribution < -0.4 is 4.74 Å². The van der Waals surface area contributed by atoms with Gasteiger partial charge in [-0.15, -0.1) is 0 Å². The highest BCUT2D eigenvalue weighted by molar-refractivity contribution is 5.99. The lowest BCUT2D eigenvalue weighted by Gasteiger charge is -2.31. The zero-order valence-electron chi connectivity index (χ0n) is 15.1. The number of aromatic nitrogens is 1. The average molecular weight is 340 g/mol. The van der Waals surface area contributed by atoms with Crippen molar-refractivity contribution in [2.45, 2.75) is 33.4 Å². The van der Waals surface area contributed by atoms with Crippen molar-refractivity contribution >= 4 is 11.7 Å². The molecule has 0 saturated carbocycles. The molecule has 0 aliphatic rings. The van der Waals surface area contributed by atoms with Crippen molar-refractivity contribution in [3.63, 3.8) is 0 Å². The molecule has 0 saturated heterocycles. The molecule has 132 valence electrons. The van der Waals surface area contributed by atoms with E-state index in [1.807, 2.05) is 43.3 Å². The molecule has 0 bridgehead atoms. The van der Waals surface area contributed by atoms with Gasteiger partial charge in [-0.2, -0.15) is 0 Å². The number of carbonyl (C=O) groups excluding carboxylic acids is 2. The van der Waals surface area contributed by atoms with Gasteiger partial charge in [-0.1, -0.05) is 12.1 Å². The molecular formula is C20H24N2O3. The van der Waals surface area contributed by atoms with Crippen LogP contribution in [0.2, 0.25) is 0 Å². The molecule has 0 aliphatic carbocycles. The second kappa shape index (κ2) is 8.42. The third kappa shape index (κ3) is 4.66. The third-order valence-corrected chi connectivity index (χ3v) is 4.43. The van der Waals surface area contributed by atoms with Crippen LogP contribution in [-0.2, 0) is 16.1 Å². The zero-order chi connectivity index (χ0) is 18.4. The van der Waals surface area contributed by atoms with E-state index >= 15 is 0 Å². The summed E-state index contributed by atoms with van der Waals surface area (Å²) in [5, 5.41) is 0. The van der Waals surface area contributed by atoms with E-state index in [1.165, 1.54) is 6.92 Å². The van der Waals surface area contributed by atoms with Gasteiger partial charge in [0, 0.05) is 18.9 Å². The number of ether oxygens (including phenoxy) is 1. The Hall–Kier alpha value is -2.69. The van der Waals surface area contributed by atoms with E-state index in [4.69, 9.17) is 4.74 Å². The number of methoxy groups -OCH3 is 1. The Balaban J connectivity index is 2.31. The first kappa shape index (κ1) is 18.6. The predicted molar refractivity (Wildman–Crippen MR) is 96.0 cm³/mol. The van der Waals surface area contributed by atoms with Gasteiger partial charge in [0.05, 0.1) is 19.1 Å². The quantitative estimate of drug-likeness (QED) is 0.725. The van der Waals surface area contributed by atoms with Gasteiger partial charge in [0.15, 0.2) is 0 Å². The van der Waals surface area contributed by atoms with Crippen LogP contribution in [0.3, 0.4) is 0 Å². The SMILES string of the molecule is COc1ccc(C(C)N(Cc2ccncc2)C(=O)C(C)C(C)=O)cc1. The summed E-state index contributed by atoms with van der Waals surface area (Å²) in [5.74, 6) is -0.207. The fourth-order valence-electron chi connectivity index (χ4n) is 2.58. The van der Waals surface area contributed by atoms with Crippen LogP contribution in [0.15, 0.2) is 48.8 Å². The minimum atomic E-state index is -0.664. The van der Waals surface area contributed by atoms with Crippen LogP contribution in [0.4, 0.5) is 0 Å². The van der Waals surface area contributed by atoms with E-state index in [0.29, 0.717) is 6.54 Å². The van der Waals surface area contributed by atoms with E-state index in [0.717, 1.165) is 16.9 Å². The highest BCUT2D eigenvalue weighted by Gasteiger charge is 2.28. The van der Waals surface area contributed by atoms with Crippen molar-refractivity contribution in [2.24, 2.45) is 5.92 Å². The van der Waals surface area contributed by atoms with Gasteiger partial charge >= 0.3 is 0 Å². The Labute approximate surface area is 148 Å². The van der Waals surface area contributed by atoms with Gasteiger partial charge in [0.2, 0.25) is 5.91 Å². The van der Waals surface area contributed by atoms with Gasteiger partial charge in [-0.05, 0) is 56.2 Å². The second-order valence-electron chi connectivity index (χ2n) is 6.10. The molecule has 0 N–H and O–H groups in total. The van der Waals surface area contributed by atoms with Crippen LogP contribution >= 0.6 is 0 Å². The van der Waals surface area contributed by atoms with Crippen LogP contribution in [0.25, 0.3) is 0 Å². The smallest absolute Gasteiger partial charge is 0.233 e. The number of Topliss-reactive ketones (excluding diaryl/α,β-unsaturated/α-hetero) is 1. The standard InChI is InChI=1S/C20H24N2O3/c1-14(16(3)23)20(24)22(13-17-9-11-21-12-10-17)15(2)18-5-7-19(25-4)8-6-18/h5-12,14-15H,13H2,1-4H3. The molecule has 5 heteroatoms. The molecule has 25 heavy (non-hydrogen) atoms. The van der Waals surface area contributed by atoms with Crippen molar-refractivity contribution in [1.82, 2.24) is 9.88 Å². The van der Waals surface area contributed by atoms with E-state index < -0.39 is 5.92 Å². The number of ketones is 1. The van der Waals surface area contributed by atoms with Gasteiger partial charge in [0.1, 0.15) is 11.5 Å². The van der Waals surface area contributed by atoms with Crippen LogP contribution in [0.1, 0.15) is 37.9 Å². The summed E-state index contributed by atoms with van der Waals surface area (Å²) in [6.07, 6.45) is 3.40. The Morgan fingerprint density at radius 1 is 1.08 bits per heavy atom. The van der Waals surface area contributed by atoms with Crippen molar-refractivity contribution in [3.8, 4) is 5.75 Å². The summed E-state index contributed by atoms with van der Waals surface area (Å²) in [5.41, 5.74) is 1.96. The van der Waals surface area contributed by atoms with Gasteiger partial charge in [0.25, 0.3) is 0 Å². The molecule has 0 spiro atoms. The van der Waals surface area contributed by atoms with Crippen molar-refractivity contribution in [2.75, 3.05) is 7.11 Å². The molecule has 0 aliphatic heterocycles. The number of hydrogen-bond acceptors (Lipinski definition) is 4. The number of hydrogen-bond donors (Lipinski definition) is 0. The number of benzene rings is 1. The maximum atomic E-state index is 12.9. The van der Waals surface area contributed by atoms with Crippen molar-refractivity contribution < 1.29 is 14.3 Å². The summed E-state index contributed by atoms with van der Waals surface area (Å²) in [7, 11) is 1.62. The van der Waals surface area contributed by atoms with Crippen LogP contribution in [-0.4, -0.2) is 28.7 Å². The minimum Gasteiger partial charge on any atom is -0.497 e. The molecule has 1 aromatic carbocycles. The normalized spacial score (nSPS) is 13.0.